The molecule has 2 aliphatic heterocycles. The Morgan fingerprint density at radius 2 is 1.94 bits per heavy atom. The van der Waals surface area contributed by atoms with Gasteiger partial charge < -0.3 is 5.32 Å². The Bertz CT molecular complexity index is 1240. The second-order valence-electron chi connectivity index (χ2n) is 8.66. The zero-order chi connectivity index (χ0) is 24.4. The number of carbonyl (C=O) groups excluding carboxylic acids is 2. The van der Waals surface area contributed by atoms with Gasteiger partial charge in [0.2, 0.25) is 0 Å². The van der Waals surface area contributed by atoms with Crippen molar-refractivity contribution in [1.29, 1.82) is 0 Å². The van der Waals surface area contributed by atoms with Gasteiger partial charge in [0.05, 0.1) is 17.7 Å². The van der Waals surface area contributed by atoms with Crippen LogP contribution >= 0.6 is 23.2 Å². The van der Waals surface area contributed by atoms with Gasteiger partial charge in [-0.3, -0.25) is 19.4 Å². The van der Waals surface area contributed by atoms with Gasteiger partial charge in [0.15, 0.2) is 0 Å². The van der Waals surface area contributed by atoms with Gasteiger partial charge in [-0.1, -0.05) is 29.3 Å². The summed E-state index contributed by atoms with van der Waals surface area (Å²) in [6, 6.07) is 7.94. The molecule has 1 aliphatic carbocycles. The molecule has 178 valence electrons. The van der Waals surface area contributed by atoms with Crippen LogP contribution in [0.15, 0.2) is 41.4 Å². The summed E-state index contributed by atoms with van der Waals surface area (Å²) < 4.78 is 44.6. The molecule has 6 nitrogen and oxygen atoms in total. The number of aryl methyl sites for hydroxylation is 1. The maximum atomic E-state index is 15.5. The highest BCUT2D eigenvalue weighted by molar-refractivity contribution is 6.34. The molecular weight excluding hydrogens is 494 g/mol. The number of hydrogen-bond donors (Lipinski definition) is 2. The van der Waals surface area contributed by atoms with Crippen molar-refractivity contribution in [2.75, 3.05) is 13.2 Å². The summed E-state index contributed by atoms with van der Waals surface area (Å²) in [4.78, 5) is 33.4. The Labute approximate surface area is 202 Å². The van der Waals surface area contributed by atoms with E-state index in [-0.39, 0.29) is 40.0 Å². The molecule has 0 radical (unpaired) electrons. The van der Waals surface area contributed by atoms with Crippen LogP contribution in [0.1, 0.15) is 27.0 Å². The quantitative estimate of drug-likeness (QED) is 0.640. The Kier molecular flexibility index (Phi) is 5.42. The summed E-state index contributed by atoms with van der Waals surface area (Å²) in [6.45, 7) is 1.43. The van der Waals surface area contributed by atoms with Gasteiger partial charge in [-0.15, -0.1) is 0 Å². The molecule has 11 heteroatoms. The number of fused-ring (bicyclic) bond motifs is 1. The van der Waals surface area contributed by atoms with Gasteiger partial charge in [-0.25, -0.2) is 18.7 Å². The maximum absolute atomic E-state index is 15.5. The molecule has 5 rings (SSSR count). The molecule has 2 heterocycles. The lowest BCUT2D eigenvalue weighted by molar-refractivity contribution is -0.125. The minimum absolute atomic E-state index is 0.0110. The van der Waals surface area contributed by atoms with Crippen molar-refractivity contribution in [3.05, 3.63) is 68.7 Å². The van der Waals surface area contributed by atoms with Crippen LogP contribution in [0.5, 0.6) is 0 Å². The summed E-state index contributed by atoms with van der Waals surface area (Å²) in [7, 11) is 0. The molecule has 2 fully saturated rings. The minimum Gasteiger partial charge on any atom is -0.338 e. The third-order valence-corrected chi connectivity index (χ3v) is 7.31. The highest BCUT2D eigenvalue weighted by Gasteiger charge is 2.87. The number of amides is 2. The average Bonchev–Trinajstić information content (AvgIpc) is 3.06. The van der Waals surface area contributed by atoms with E-state index in [4.69, 9.17) is 28.0 Å². The van der Waals surface area contributed by atoms with Crippen LogP contribution in [0.2, 0.25) is 10.0 Å². The SMILES string of the molecule is Cc1cc(C2=NCC3(c4cc(Cl)cc(Cl)c4)C(F)C23C(F)F)ccc1C(=O)N[C@@H]1CONC1=O. The normalized spacial score (nSPS) is 29.6. The van der Waals surface area contributed by atoms with Crippen molar-refractivity contribution in [2.45, 2.75) is 31.0 Å². The van der Waals surface area contributed by atoms with Gasteiger partial charge in [-0.05, 0) is 53.9 Å². The van der Waals surface area contributed by atoms with Crippen LogP contribution in [-0.4, -0.2) is 49.3 Å². The molecule has 2 amide bonds. The van der Waals surface area contributed by atoms with Gasteiger partial charge in [0.1, 0.15) is 24.2 Å². The van der Waals surface area contributed by atoms with Gasteiger partial charge in [0, 0.05) is 15.6 Å². The van der Waals surface area contributed by atoms with E-state index in [1.807, 2.05) is 0 Å². The molecule has 34 heavy (non-hydrogen) atoms. The Hall–Kier alpha value is -2.62. The van der Waals surface area contributed by atoms with Crippen LogP contribution in [0, 0.1) is 12.3 Å². The molecule has 2 N–H and O–H groups in total. The molecular formula is C23H18Cl2F3N3O3. The molecule has 1 saturated heterocycles. The fourth-order valence-corrected chi connectivity index (χ4v) is 5.69. The molecule has 4 atom stereocenters. The second-order valence-corrected chi connectivity index (χ2v) is 9.53. The highest BCUT2D eigenvalue weighted by Crippen LogP contribution is 2.73. The van der Waals surface area contributed by atoms with Crippen LogP contribution in [0.3, 0.4) is 0 Å². The molecule has 0 aromatic heterocycles. The fourth-order valence-electron chi connectivity index (χ4n) is 5.16. The number of nitrogens with zero attached hydrogens (tertiary/aromatic N) is 1. The Morgan fingerprint density at radius 1 is 1.24 bits per heavy atom. The van der Waals surface area contributed by atoms with Crippen molar-refractivity contribution in [3.8, 4) is 0 Å². The second kappa shape index (κ2) is 7.96. The van der Waals surface area contributed by atoms with Crippen molar-refractivity contribution in [3.63, 3.8) is 0 Å². The van der Waals surface area contributed by atoms with Crippen molar-refractivity contribution in [1.82, 2.24) is 10.8 Å². The van der Waals surface area contributed by atoms with Crippen LogP contribution < -0.4 is 10.8 Å². The predicted octanol–water partition coefficient (Wildman–Crippen LogP) is 3.81. The van der Waals surface area contributed by atoms with E-state index in [1.165, 1.54) is 36.4 Å². The summed E-state index contributed by atoms with van der Waals surface area (Å²) in [5.74, 6) is -0.994. The predicted molar refractivity (Wildman–Crippen MR) is 119 cm³/mol. The third kappa shape index (κ3) is 3.10. The first kappa shape index (κ1) is 23.1. The molecule has 3 aliphatic rings. The van der Waals surface area contributed by atoms with Crippen molar-refractivity contribution < 1.29 is 27.6 Å². The van der Waals surface area contributed by atoms with Crippen LogP contribution in [0.25, 0.3) is 0 Å². The monoisotopic (exact) mass is 511 g/mol. The number of aliphatic imine (C=N–C) groups is 1. The van der Waals surface area contributed by atoms with E-state index < -0.39 is 41.3 Å². The van der Waals surface area contributed by atoms with E-state index >= 15 is 4.39 Å². The number of benzene rings is 2. The number of halogens is 5. The fraction of sp³-hybridized carbons (Fsp3) is 0.348. The zero-order valence-corrected chi connectivity index (χ0v) is 19.2. The lowest BCUT2D eigenvalue weighted by Gasteiger charge is -2.20. The van der Waals surface area contributed by atoms with Crippen molar-refractivity contribution >= 4 is 40.7 Å². The molecule has 0 bridgehead atoms. The first-order valence-electron chi connectivity index (χ1n) is 10.4. The van der Waals surface area contributed by atoms with Gasteiger partial charge in [-0.2, -0.15) is 0 Å². The minimum atomic E-state index is -3.04. The van der Waals surface area contributed by atoms with E-state index in [1.54, 1.807) is 6.92 Å². The first-order valence-corrected chi connectivity index (χ1v) is 11.2. The molecule has 0 spiro atoms. The summed E-state index contributed by atoms with van der Waals surface area (Å²) in [5, 5.41) is 3.00. The largest absolute Gasteiger partial charge is 0.338 e. The smallest absolute Gasteiger partial charge is 0.268 e. The third-order valence-electron chi connectivity index (χ3n) is 6.88. The Morgan fingerprint density at radius 3 is 2.53 bits per heavy atom. The number of rotatable bonds is 5. The number of nitrogens with one attached hydrogen (secondary N) is 2. The molecule has 2 aromatic rings. The van der Waals surface area contributed by atoms with Crippen LogP contribution in [0.4, 0.5) is 13.2 Å². The van der Waals surface area contributed by atoms with E-state index in [9.17, 15) is 18.4 Å². The number of alkyl halides is 3. The first-order chi connectivity index (χ1) is 16.1. The number of carbonyl (C=O) groups is 2. The van der Waals surface area contributed by atoms with Gasteiger partial charge >= 0.3 is 0 Å². The number of hydroxylamine groups is 1. The molecule has 2 aromatic carbocycles. The van der Waals surface area contributed by atoms with E-state index in [0.717, 1.165) is 0 Å². The maximum Gasteiger partial charge on any atom is 0.268 e. The summed E-state index contributed by atoms with van der Waals surface area (Å²) >= 11 is 12.1. The number of hydrogen-bond acceptors (Lipinski definition) is 4. The topological polar surface area (TPSA) is 79.8 Å². The average molecular weight is 512 g/mol. The van der Waals surface area contributed by atoms with Gasteiger partial charge in [0.25, 0.3) is 18.2 Å². The lowest BCUT2D eigenvalue weighted by Crippen LogP contribution is -2.41. The van der Waals surface area contributed by atoms with E-state index in [0.29, 0.717) is 11.1 Å². The summed E-state index contributed by atoms with van der Waals surface area (Å²) in [6.07, 6.45) is -4.92. The molecule has 3 unspecified atom stereocenters. The molecule has 1 saturated carbocycles. The van der Waals surface area contributed by atoms with E-state index in [2.05, 4.69) is 15.8 Å². The Balaban J connectivity index is 1.48. The summed E-state index contributed by atoms with van der Waals surface area (Å²) in [5.41, 5.74) is -0.331. The lowest BCUT2D eigenvalue weighted by atomic mass is 9.83. The standard InChI is InChI=1S/C23H18Cl2F3N3O3/c1-10-4-11(2-3-15(10)18(32)30-16-8-34-31-19(16)33)17-23(21(27)28)20(26)22(23,9-29-17)12-5-13(24)7-14(25)6-12/h2-7,16,20-21H,8-9H2,1H3,(H,30,32)(H,31,33)/t16-,20?,22?,23?/m1/s1. The van der Waals surface area contributed by atoms with Crippen LogP contribution in [-0.2, 0) is 15.0 Å². The van der Waals surface area contributed by atoms with Crippen molar-refractivity contribution in [2.24, 2.45) is 10.4 Å². The zero-order valence-electron chi connectivity index (χ0n) is 17.7. The highest BCUT2D eigenvalue weighted by atomic mass is 35.5.